The summed E-state index contributed by atoms with van der Waals surface area (Å²) in [4.78, 5) is 27.0. The average molecular weight is 701 g/mol. The predicted molar refractivity (Wildman–Crippen MR) is 181 cm³/mol. The van der Waals surface area contributed by atoms with Gasteiger partial charge in [0.15, 0.2) is 11.6 Å². The van der Waals surface area contributed by atoms with Crippen molar-refractivity contribution in [3.05, 3.63) is 105 Å². The highest BCUT2D eigenvalue weighted by atomic mass is 35.5. The molecule has 0 aliphatic carbocycles. The van der Waals surface area contributed by atoms with E-state index in [4.69, 9.17) is 16.3 Å². The Morgan fingerprint density at radius 2 is 1.73 bits per heavy atom. The average Bonchev–Trinajstić information content (AvgIpc) is 3.02. The van der Waals surface area contributed by atoms with Gasteiger partial charge in [-0.15, -0.1) is 0 Å². The maximum absolute atomic E-state index is 15.0. The number of likely N-dealkylation sites (N-methyl/N-ethyl adjacent to an activating group) is 1. The molecule has 9 nitrogen and oxygen atoms in total. The van der Waals surface area contributed by atoms with Crippen LogP contribution in [-0.2, 0) is 6.18 Å². The van der Waals surface area contributed by atoms with Crippen molar-refractivity contribution in [3.8, 4) is 5.75 Å². The summed E-state index contributed by atoms with van der Waals surface area (Å²) in [7, 11) is 2.07. The number of anilines is 3. The van der Waals surface area contributed by atoms with Crippen LogP contribution < -0.4 is 15.0 Å². The summed E-state index contributed by atoms with van der Waals surface area (Å²) in [5.74, 6) is -0.752. The van der Waals surface area contributed by atoms with Gasteiger partial charge in [-0.25, -0.2) is 19.1 Å². The highest BCUT2D eigenvalue weighted by Gasteiger charge is 2.37. The number of halogens is 5. The molecule has 2 N–H and O–H groups in total. The summed E-state index contributed by atoms with van der Waals surface area (Å²) in [6.45, 7) is 10.1. The van der Waals surface area contributed by atoms with Crippen molar-refractivity contribution < 1.29 is 32.2 Å². The van der Waals surface area contributed by atoms with Crippen LogP contribution in [0.4, 0.5) is 39.8 Å². The van der Waals surface area contributed by atoms with Gasteiger partial charge < -0.3 is 20.1 Å². The molecule has 1 atom stereocenters. The van der Waals surface area contributed by atoms with Gasteiger partial charge in [-0.05, 0) is 86.5 Å². The normalized spacial score (nSPS) is 14.8. The Bertz CT molecular complexity index is 1790. The zero-order valence-corrected chi connectivity index (χ0v) is 28.2. The number of nitrogens with zero attached hydrogens (tertiary/aromatic N) is 5. The van der Waals surface area contributed by atoms with E-state index in [-0.39, 0.29) is 33.8 Å². The number of amides is 1. The minimum atomic E-state index is -4.71. The van der Waals surface area contributed by atoms with Crippen LogP contribution in [0.1, 0.15) is 39.4 Å². The lowest BCUT2D eigenvalue weighted by Gasteiger charge is -2.32. The van der Waals surface area contributed by atoms with E-state index in [1.165, 1.54) is 24.4 Å². The number of hydrogen-bond donors (Lipinski definition) is 2. The molecule has 0 saturated carbocycles. The summed E-state index contributed by atoms with van der Waals surface area (Å²) in [5, 5.41) is 13.4. The molecule has 1 fully saturated rings. The molecule has 3 aromatic carbocycles. The van der Waals surface area contributed by atoms with E-state index < -0.39 is 29.7 Å². The summed E-state index contributed by atoms with van der Waals surface area (Å²) in [5.41, 5.74) is 1.85. The van der Waals surface area contributed by atoms with E-state index in [0.29, 0.717) is 29.8 Å². The molecule has 1 unspecified atom stereocenters. The van der Waals surface area contributed by atoms with Gasteiger partial charge in [0.25, 0.3) is 0 Å². The van der Waals surface area contributed by atoms with Crippen molar-refractivity contribution in [2.75, 3.05) is 56.6 Å². The van der Waals surface area contributed by atoms with Crippen LogP contribution in [0.3, 0.4) is 0 Å². The number of nitrogens with one attached hydrogen (secondary N) is 1. The fourth-order valence-electron chi connectivity index (χ4n) is 6.04. The third-order valence-corrected chi connectivity index (χ3v) is 8.77. The molecule has 1 aromatic heterocycles. The lowest BCUT2D eigenvalue weighted by Crippen LogP contribution is -2.45. The summed E-state index contributed by atoms with van der Waals surface area (Å²) >= 11 is 6.52. The molecule has 1 amide bonds. The number of ether oxygens (including phenoxy) is 1. The Labute approximate surface area is 287 Å². The molecule has 49 heavy (non-hydrogen) atoms. The van der Waals surface area contributed by atoms with E-state index in [2.05, 4.69) is 32.1 Å². The third kappa shape index (κ3) is 8.59. The highest BCUT2D eigenvalue weighted by molar-refractivity contribution is 6.31. The maximum atomic E-state index is 15.0. The van der Waals surface area contributed by atoms with Crippen molar-refractivity contribution in [3.63, 3.8) is 0 Å². The molecular formula is C35H37ClF4N6O3. The smallest absolute Gasteiger partial charge is 0.416 e. The molecule has 14 heteroatoms. The second kappa shape index (κ2) is 15.0. The lowest BCUT2D eigenvalue weighted by molar-refractivity contribution is -0.137. The second-order valence-corrected chi connectivity index (χ2v) is 12.5. The van der Waals surface area contributed by atoms with Gasteiger partial charge in [0.05, 0.1) is 11.6 Å². The molecule has 2 heterocycles. The van der Waals surface area contributed by atoms with Crippen LogP contribution in [0.5, 0.6) is 5.75 Å². The minimum Gasteiger partial charge on any atom is -0.489 e. The Kier molecular flexibility index (Phi) is 11.0. The molecule has 0 spiro atoms. The van der Waals surface area contributed by atoms with Gasteiger partial charge in [0.1, 0.15) is 12.4 Å². The Hall–Kier alpha value is -4.46. The van der Waals surface area contributed by atoms with Gasteiger partial charge in [-0.3, -0.25) is 4.90 Å². The highest BCUT2D eigenvalue weighted by Crippen LogP contribution is 2.42. The van der Waals surface area contributed by atoms with Crippen LogP contribution in [0.2, 0.25) is 5.02 Å². The van der Waals surface area contributed by atoms with Gasteiger partial charge in [0.2, 0.25) is 5.95 Å². The Balaban J connectivity index is 1.45. The van der Waals surface area contributed by atoms with Gasteiger partial charge >= 0.3 is 12.3 Å². The van der Waals surface area contributed by atoms with Gasteiger partial charge in [0, 0.05) is 55.7 Å². The van der Waals surface area contributed by atoms with Crippen LogP contribution in [-0.4, -0.2) is 77.3 Å². The number of aryl methyl sites for hydroxylation is 3. The van der Waals surface area contributed by atoms with Crippen molar-refractivity contribution in [2.45, 2.75) is 33.0 Å². The van der Waals surface area contributed by atoms with E-state index in [9.17, 15) is 23.1 Å². The molecule has 1 aliphatic rings. The first kappa shape index (κ1) is 35.8. The number of hydrogen-bond acceptors (Lipinski definition) is 7. The fraction of sp³-hybridized carbons (Fsp3) is 0.343. The molecule has 1 aliphatic heterocycles. The second-order valence-electron chi connectivity index (χ2n) is 12.1. The Morgan fingerprint density at radius 1 is 1.04 bits per heavy atom. The van der Waals surface area contributed by atoms with Crippen LogP contribution >= 0.6 is 11.6 Å². The Morgan fingerprint density at radius 3 is 2.37 bits per heavy atom. The molecule has 5 rings (SSSR count). The first-order valence-corrected chi connectivity index (χ1v) is 16.0. The number of aromatic nitrogens is 2. The SMILES string of the molecule is Cc1cc(C)c(C(c2cc(C(F)(F)F)ccc2Cl)N(C(=O)O)c2ccnc(Nc3ccc(OCCN4CCN(C)CC4)c(F)c3)n2)c(C)c1. The van der Waals surface area contributed by atoms with Crippen molar-refractivity contribution in [2.24, 2.45) is 0 Å². The largest absolute Gasteiger partial charge is 0.489 e. The number of rotatable bonds is 10. The quantitative estimate of drug-likeness (QED) is 0.162. The summed E-state index contributed by atoms with van der Waals surface area (Å²) in [6.07, 6.45) is -4.90. The third-order valence-electron chi connectivity index (χ3n) is 8.43. The number of alkyl halides is 3. The molecule has 0 radical (unpaired) electrons. The zero-order valence-electron chi connectivity index (χ0n) is 27.5. The first-order valence-electron chi connectivity index (χ1n) is 15.6. The fourth-order valence-corrected chi connectivity index (χ4v) is 6.26. The summed E-state index contributed by atoms with van der Waals surface area (Å²) in [6, 6.07) is 10.7. The maximum Gasteiger partial charge on any atom is 0.416 e. The molecule has 0 bridgehead atoms. The predicted octanol–water partition coefficient (Wildman–Crippen LogP) is 7.86. The minimum absolute atomic E-state index is 0.0580. The molecule has 4 aromatic rings. The number of carboxylic acid groups (broad SMARTS) is 1. The van der Waals surface area contributed by atoms with E-state index in [1.807, 2.05) is 19.1 Å². The monoisotopic (exact) mass is 700 g/mol. The molecule has 1 saturated heterocycles. The molecular weight excluding hydrogens is 664 g/mol. The van der Waals surface area contributed by atoms with Crippen molar-refractivity contribution >= 4 is 35.1 Å². The zero-order chi connectivity index (χ0) is 35.5. The van der Waals surface area contributed by atoms with Crippen molar-refractivity contribution in [1.82, 2.24) is 19.8 Å². The van der Waals surface area contributed by atoms with E-state index >= 15 is 4.39 Å². The van der Waals surface area contributed by atoms with Gasteiger partial charge in [-0.2, -0.15) is 18.2 Å². The van der Waals surface area contributed by atoms with E-state index in [0.717, 1.165) is 54.8 Å². The number of carbonyl (C=O) groups is 1. The topological polar surface area (TPSA) is 94.1 Å². The van der Waals surface area contributed by atoms with Gasteiger partial charge in [-0.1, -0.05) is 29.3 Å². The van der Waals surface area contributed by atoms with Crippen LogP contribution in [0.25, 0.3) is 0 Å². The van der Waals surface area contributed by atoms with E-state index in [1.54, 1.807) is 19.9 Å². The number of piperazine rings is 1. The lowest BCUT2D eigenvalue weighted by atomic mass is 9.88. The van der Waals surface area contributed by atoms with Crippen molar-refractivity contribution in [1.29, 1.82) is 0 Å². The van der Waals surface area contributed by atoms with Crippen LogP contribution in [0.15, 0.2) is 60.8 Å². The van der Waals surface area contributed by atoms with Crippen LogP contribution in [0, 0.1) is 26.6 Å². The first-order chi connectivity index (χ1) is 23.2. The molecule has 260 valence electrons. The number of benzene rings is 3. The standard InChI is InChI=1S/C35H37ClF4N6O3/c1-21-17-22(2)31(23(3)18-21)32(26-19-24(35(38,39)40)5-7-27(26)36)46(34(47)48)30-9-10-41-33(43-30)42-25-6-8-29(28(37)20-25)49-16-15-45-13-11-44(4)12-14-45/h5-10,17-20,32H,11-16H2,1-4H3,(H,47,48)(H,41,42,43). The summed E-state index contributed by atoms with van der Waals surface area (Å²) < 4.78 is 62.3.